The number of rotatable bonds is 5. The number of pyridine rings is 1. The molecule has 1 aromatic carbocycles. The molecule has 0 aliphatic rings. The number of carboxylic acids is 1. The topological polar surface area (TPSA) is 75.1 Å². The molecule has 6 heteroatoms. The highest BCUT2D eigenvalue weighted by atomic mass is 32.1. The van der Waals surface area contributed by atoms with Crippen LogP contribution in [0.5, 0.6) is 0 Å². The van der Waals surface area contributed by atoms with E-state index < -0.39 is 5.97 Å². The van der Waals surface area contributed by atoms with Gasteiger partial charge < -0.3 is 10.4 Å². The average molecular weight is 299 g/mol. The van der Waals surface area contributed by atoms with Crippen LogP contribution in [0, 0.1) is 0 Å². The summed E-state index contributed by atoms with van der Waals surface area (Å²) < 4.78 is 0. The van der Waals surface area contributed by atoms with Crippen LogP contribution in [0.3, 0.4) is 0 Å². The van der Waals surface area contributed by atoms with Gasteiger partial charge in [-0.15, -0.1) is 11.3 Å². The lowest BCUT2D eigenvalue weighted by Gasteiger charge is -2.10. The molecule has 3 aromatic rings. The summed E-state index contributed by atoms with van der Waals surface area (Å²) >= 11 is 1.57. The Bertz CT molecular complexity index is 772. The second-order valence-electron chi connectivity index (χ2n) is 4.53. The van der Waals surface area contributed by atoms with Crippen molar-refractivity contribution in [3.05, 3.63) is 52.6 Å². The highest BCUT2D eigenvalue weighted by Gasteiger charge is 2.10. The average Bonchev–Trinajstić information content (AvgIpc) is 3.00. The van der Waals surface area contributed by atoms with Gasteiger partial charge in [0, 0.05) is 29.4 Å². The van der Waals surface area contributed by atoms with E-state index in [4.69, 9.17) is 5.11 Å². The third-order valence-corrected chi connectivity index (χ3v) is 3.75. The van der Waals surface area contributed by atoms with Crippen molar-refractivity contribution < 1.29 is 9.90 Å². The molecule has 0 atom stereocenters. The number of benzene rings is 1. The molecular formula is C15H13N3O2S. The van der Waals surface area contributed by atoms with Crippen molar-refractivity contribution in [3.63, 3.8) is 0 Å². The van der Waals surface area contributed by atoms with E-state index in [1.54, 1.807) is 22.9 Å². The number of thiazole rings is 1. The molecule has 0 amide bonds. The number of nitrogens with zero attached hydrogens (tertiary/aromatic N) is 2. The first-order valence-corrected chi connectivity index (χ1v) is 7.42. The molecule has 5 nitrogen and oxygen atoms in total. The summed E-state index contributed by atoms with van der Waals surface area (Å²) in [4.78, 5) is 19.5. The van der Waals surface area contributed by atoms with E-state index in [0.717, 1.165) is 23.2 Å². The number of nitrogens with one attached hydrogen (secondary N) is 1. The number of hydrogen-bond donors (Lipinski definition) is 2. The summed E-state index contributed by atoms with van der Waals surface area (Å²) in [6, 6.07) is 9.08. The van der Waals surface area contributed by atoms with Gasteiger partial charge in [-0.2, -0.15) is 0 Å². The smallest absolute Gasteiger partial charge is 0.354 e. The number of aromatic nitrogens is 2. The molecule has 0 saturated carbocycles. The third kappa shape index (κ3) is 3.00. The molecule has 0 bridgehead atoms. The number of fused-ring (bicyclic) bond motifs is 1. The molecule has 106 valence electrons. The standard InChI is InChI=1S/C15H13N3O2S/c19-15(20)14-7-13(11-3-1-2-4-12(11)18-14)16-6-5-10-8-21-9-17-10/h1-4,7-9H,5-6H2,(H,16,18)(H,19,20). The minimum Gasteiger partial charge on any atom is -0.477 e. The van der Waals surface area contributed by atoms with Gasteiger partial charge in [0.25, 0.3) is 0 Å². The number of carbonyl (C=O) groups is 1. The van der Waals surface area contributed by atoms with Crippen LogP contribution in [0.25, 0.3) is 10.9 Å². The van der Waals surface area contributed by atoms with Gasteiger partial charge in [0.05, 0.1) is 16.7 Å². The fourth-order valence-corrected chi connectivity index (χ4v) is 2.71. The zero-order chi connectivity index (χ0) is 14.7. The van der Waals surface area contributed by atoms with Crippen molar-refractivity contribution >= 4 is 33.9 Å². The fourth-order valence-electron chi connectivity index (χ4n) is 2.12. The minimum atomic E-state index is -1.02. The first-order valence-electron chi connectivity index (χ1n) is 6.48. The predicted octanol–water partition coefficient (Wildman–Crippen LogP) is 3.04. The van der Waals surface area contributed by atoms with Crippen LogP contribution in [-0.4, -0.2) is 27.6 Å². The Balaban J connectivity index is 1.87. The molecule has 0 aliphatic heterocycles. The van der Waals surface area contributed by atoms with Crippen molar-refractivity contribution in [1.29, 1.82) is 0 Å². The highest BCUT2D eigenvalue weighted by molar-refractivity contribution is 7.07. The third-order valence-electron chi connectivity index (χ3n) is 3.12. The normalized spacial score (nSPS) is 10.7. The summed E-state index contributed by atoms with van der Waals surface area (Å²) in [5, 5.41) is 15.4. The zero-order valence-electron chi connectivity index (χ0n) is 11.1. The van der Waals surface area contributed by atoms with Gasteiger partial charge in [-0.25, -0.2) is 14.8 Å². The molecule has 0 saturated heterocycles. The maximum atomic E-state index is 11.2. The van der Waals surface area contributed by atoms with E-state index in [2.05, 4.69) is 15.3 Å². The van der Waals surface area contributed by atoms with Crippen molar-refractivity contribution in [3.8, 4) is 0 Å². The van der Waals surface area contributed by atoms with Gasteiger partial charge in [-0.3, -0.25) is 0 Å². The van der Waals surface area contributed by atoms with Gasteiger partial charge in [0.2, 0.25) is 0 Å². The summed E-state index contributed by atoms with van der Waals surface area (Å²) in [5.41, 5.74) is 4.34. The zero-order valence-corrected chi connectivity index (χ0v) is 11.9. The van der Waals surface area contributed by atoms with Gasteiger partial charge in [-0.05, 0) is 12.1 Å². The first kappa shape index (κ1) is 13.5. The van der Waals surface area contributed by atoms with Crippen LogP contribution in [-0.2, 0) is 6.42 Å². The second kappa shape index (κ2) is 5.88. The van der Waals surface area contributed by atoms with Crippen LogP contribution < -0.4 is 5.32 Å². The van der Waals surface area contributed by atoms with Crippen LogP contribution in [0.1, 0.15) is 16.2 Å². The van der Waals surface area contributed by atoms with Gasteiger partial charge >= 0.3 is 5.97 Å². The van der Waals surface area contributed by atoms with Crippen molar-refractivity contribution in [1.82, 2.24) is 9.97 Å². The largest absolute Gasteiger partial charge is 0.477 e. The Morgan fingerprint density at radius 1 is 1.33 bits per heavy atom. The predicted molar refractivity (Wildman–Crippen MR) is 83.0 cm³/mol. The Morgan fingerprint density at radius 2 is 2.19 bits per heavy atom. The molecule has 0 aliphatic carbocycles. The van der Waals surface area contributed by atoms with E-state index in [9.17, 15) is 4.79 Å². The van der Waals surface area contributed by atoms with Crippen LogP contribution in [0.15, 0.2) is 41.2 Å². The lowest BCUT2D eigenvalue weighted by molar-refractivity contribution is 0.0691. The lowest BCUT2D eigenvalue weighted by Crippen LogP contribution is -2.08. The van der Waals surface area contributed by atoms with Gasteiger partial charge in [0.1, 0.15) is 0 Å². The van der Waals surface area contributed by atoms with Gasteiger partial charge in [0.15, 0.2) is 5.69 Å². The van der Waals surface area contributed by atoms with Crippen LogP contribution in [0.2, 0.25) is 0 Å². The molecule has 2 N–H and O–H groups in total. The monoisotopic (exact) mass is 299 g/mol. The van der Waals surface area contributed by atoms with E-state index >= 15 is 0 Å². The number of para-hydroxylation sites is 1. The molecule has 3 rings (SSSR count). The summed E-state index contributed by atoms with van der Waals surface area (Å²) in [7, 11) is 0. The Labute approximate surface area is 125 Å². The summed E-state index contributed by atoms with van der Waals surface area (Å²) in [6.45, 7) is 0.691. The Morgan fingerprint density at radius 3 is 2.95 bits per heavy atom. The van der Waals surface area contributed by atoms with Crippen LogP contribution >= 0.6 is 11.3 Å². The van der Waals surface area contributed by atoms with Crippen LogP contribution in [0.4, 0.5) is 5.69 Å². The first-order chi connectivity index (χ1) is 10.2. The maximum absolute atomic E-state index is 11.2. The Kier molecular flexibility index (Phi) is 3.79. The molecule has 2 heterocycles. The highest BCUT2D eigenvalue weighted by Crippen LogP contribution is 2.23. The molecular weight excluding hydrogens is 286 g/mol. The van der Waals surface area contributed by atoms with E-state index in [1.165, 1.54) is 0 Å². The minimum absolute atomic E-state index is 0.0462. The molecule has 2 aromatic heterocycles. The summed E-state index contributed by atoms with van der Waals surface area (Å²) in [5.74, 6) is -1.02. The molecule has 0 unspecified atom stereocenters. The molecule has 0 spiro atoms. The number of aromatic carboxylic acids is 1. The van der Waals surface area contributed by atoms with Crippen molar-refractivity contribution in [2.45, 2.75) is 6.42 Å². The maximum Gasteiger partial charge on any atom is 0.354 e. The number of carboxylic acid groups (broad SMARTS) is 1. The number of anilines is 1. The van der Waals surface area contributed by atoms with E-state index in [-0.39, 0.29) is 5.69 Å². The SMILES string of the molecule is O=C(O)c1cc(NCCc2cscn2)c2ccccc2n1. The van der Waals surface area contributed by atoms with E-state index in [1.807, 2.05) is 29.6 Å². The second-order valence-corrected chi connectivity index (χ2v) is 5.25. The van der Waals surface area contributed by atoms with Crippen molar-refractivity contribution in [2.24, 2.45) is 0 Å². The lowest BCUT2D eigenvalue weighted by atomic mass is 10.1. The fraction of sp³-hybridized carbons (Fsp3) is 0.133. The van der Waals surface area contributed by atoms with Crippen molar-refractivity contribution in [2.75, 3.05) is 11.9 Å². The number of hydrogen-bond acceptors (Lipinski definition) is 5. The molecule has 21 heavy (non-hydrogen) atoms. The Hall–Kier alpha value is -2.47. The van der Waals surface area contributed by atoms with E-state index in [0.29, 0.717) is 12.1 Å². The molecule has 0 fully saturated rings. The molecule has 0 radical (unpaired) electrons. The van der Waals surface area contributed by atoms with Gasteiger partial charge in [-0.1, -0.05) is 18.2 Å². The summed E-state index contributed by atoms with van der Waals surface area (Å²) in [6.07, 6.45) is 0.794. The quantitative estimate of drug-likeness (QED) is 0.757.